The summed E-state index contributed by atoms with van der Waals surface area (Å²) in [6, 6.07) is 14.9. The monoisotopic (exact) mass is 590 g/mol. The average Bonchev–Trinajstić information content (AvgIpc) is 3.52. The van der Waals surface area contributed by atoms with Crippen molar-refractivity contribution in [3.8, 4) is 17.2 Å². The van der Waals surface area contributed by atoms with Crippen LogP contribution < -0.4 is 19.1 Å². The minimum Gasteiger partial charge on any atom is -0.507 e. The fourth-order valence-corrected chi connectivity index (χ4v) is 5.73. The molecule has 1 aliphatic heterocycles. The topological polar surface area (TPSA) is 98.2 Å². The highest BCUT2D eigenvalue weighted by Gasteiger charge is 2.48. The van der Waals surface area contributed by atoms with Gasteiger partial charge in [-0.3, -0.25) is 14.5 Å². The maximum absolute atomic E-state index is 14.0. The van der Waals surface area contributed by atoms with E-state index in [0.29, 0.717) is 58.4 Å². The molecule has 0 spiro atoms. The van der Waals surface area contributed by atoms with Crippen LogP contribution in [0.15, 0.2) is 66.2 Å². The number of Topliss-reactive ketones (excluding diaryl/α,β-unsaturated/α-hetero) is 1. The number of rotatable bonds is 11. The summed E-state index contributed by atoms with van der Waals surface area (Å²) >= 11 is 1.09. The second-order valence-corrected chi connectivity index (χ2v) is 10.6. The second-order valence-electron chi connectivity index (χ2n) is 9.64. The quantitative estimate of drug-likeness (QED) is 0.114. The molecule has 10 heteroatoms. The zero-order chi connectivity index (χ0) is 29.8. The molecule has 42 heavy (non-hydrogen) atoms. The van der Waals surface area contributed by atoms with Crippen molar-refractivity contribution in [2.24, 2.45) is 0 Å². The Bertz CT molecular complexity index is 1650. The first kappa shape index (κ1) is 29.1. The van der Waals surface area contributed by atoms with E-state index in [1.54, 1.807) is 42.5 Å². The number of ketones is 1. The molecule has 1 fully saturated rings. The van der Waals surface area contributed by atoms with Crippen LogP contribution in [0, 0.1) is 5.82 Å². The van der Waals surface area contributed by atoms with Crippen molar-refractivity contribution >= 4 is 44.1 Å². The molecule has 1 saturated heterocycles. The van der Waals surface area contributed by atoms with Gasteiger partial charge in [-0.15, -0.1) is 0 Å². The molecule has 0 radical (unpaired) electrons. The van der Waals surface area contributed by atoms with Crippen LogP contribution in [0.1, 0.15) is 50.8 Å². The molecule has 1 amide bonds. The number of amides is 1. The van der Waals surface area contributed by atoms with Crippen molar-refractivity contribution < 1.29 is 33.3 Å². The molecule has 8 nitrogen and oxygen atoms in total. The molecular weight excluding hydrogens is 559 g/mol. The van der Waals surface area contributed by atoms with E-state index < -0.39 is 23.5 Å². The van der Waals surface area contributed by atoms with Gasteiger partial charge in [0.2, 0.25) is 0 Å². The molecule has 3 aromatic carbocycles. The smallest absolute Gasteiger partial charge is 0.301 e. The van der Waals surface area contributed by atoms with Crippen LogP contribution in [0.4, 0.5) is 9.52 Å². The Labute approximate surface area is 247 Å². The van der Waals surface area contributed by atoms with Gasteiger partial charge in [-0.2, -0.15) is 0 Å². The third-order valence-electron chi connectivity index (χ3n) is 6.64. The summed E-state index contributed by atoms with van der Waals surface area (Å²) in [6.45, 7) is 7.23. The Morgan fingerprint density at radius 2 is 1.67 bits per heavy atom. The predicted molar refractivity (Wildman–Crippen MR) is 160 cm³/mol. The number of fused-ring (bicyclic) bond motifs is 1. The van der Waals surface area contributed by atoms with Crippen molar-refractivity contribution in [3.05, 3.63) is 83.2 Å². The standard InChI is InChI=1S/C32H31FN2O6S/c1-4-15-40-22-11-7-19(8-12-22)29(36)27-28(20-9-14-24(41-16-5-2)25(17-20)39-6-3)35(31(38)30(27)37)32-34-23-13-10-21(33)18-26(23)42-32/h7-14,17-18,28,36H,4-6,15-16H2,1-3H3. The number of hydrogen-bond acceptors (Lipinski definition) is 8. The highest BCUT2D eigenvalue weighted by molar-refractivity contribution is 7.22. The van der Waals surface area contributed by atoms with Crippen molar-refractivity contribution in [2.75, 3.05) is 24.7 Å². The van der Waals surface area contributed by atoms with E-state index >= 15 is 0 Å². The molecule has 1 aromatic heterocycles. The molecule has 1 aliphatic rings. The molecule has 1 atom stereocenters. The zero-order valence-electron chi connectivity index (χ0n) is 23.6. The normalized spacial score (nSPS) is 16.3. The molecule has 2 heterocycles. The number of nitrogens with zero attached hydrogens (tertiary/aromatic N) is 2. The Morgan fingerprint density at radius 3 is 2.38 bits per heavy atom. The van der Waals surface area contributed by atoms with Crippen molar-refractivity contribution in [2.45, 2.75) is 39.7 Å². The molecule has 1 N–H and O–H groups in total. The number of aliphatic hydroxyl groups is 1. The minimum atomic E-state index is -1.04. The Balaban J connectivity index is 1.67. The first-order valence-corrected chi connectivity index (χ1v) is 14.7. The van der Waals surface area contributed by atoms with Gasteiger partial charge in [-0.05, 0) is 79.9 Å². The molecule has 5 rings (SSSR count). The zero-order valence-corrected chi connectivity index (χ0v) is 24.4. The van der Waals surface area contributed by atoms with Gasteiger partial charge in [-0.1, -0.05) is 31.3 Å². The summed E-state index contributed by atoms with van der Waals surface area (Å²) in [5.41, 5.74) is 1.24. The highest BCUT2D eigenvalue weighted by atomic mass is 32.1. The fraction of sp³-hybridized carbons (Fsp3) is 0.281. The molecule has 0 aliphatic carbocycles. The van der Waals surface area contributed by atoms with E-state index in [-0.39, 0.29) is 16.5 Å². The van der Waals surface area contributed by atoms with Crippen LogP contribution >= 0.6 is 11.3 Å². The maximum atomic E-state index is 14.0. The van der Waals surface area contributed by atoms with Gasteiger partial charge in [0.1, 0.15) is 17.3 Å². The summed E-state index contributed by atoms with van der Waals surface area (Å²) in [6.07, 6.45) is 1.64. The predicted octanol–water partition coefficient (Wildman–Crippen LogP) is 7.04. The fourth-order valence-electron chi connectivity index (χ4n) is 4.71. The van der Waals surface area contributed by atoms with E-state index in [1.165, 1.54) is 23.1 Å². The molecule has 1 unspecified atom stereocenters. The lowest BCUT2D eigenvalue weighted by molar-refractivity contribution is -0.132. The van der Waals surface area contributed by atoms with Crippen LogP contribution in [-0.2, 0) is 9.59 Å². The summed E-state index contributed by atoms with van der Waals surface area (Å²) in [7, 11) is 0. The summed E-state index contributed by atoms with van der Waals surface area (Å²) in [5.74, 6) is -0.899. The lowest BCUT2D eigenvalue weighted by Crippen LogP contribution is -2.29. The van der Waals surface area contributed by atoms with Crippen molar-refractivity contribution in [1.29, 1.82) is 0 Å². The maximum Gasteiger partial charge on any atom is 0.301 e. The number of carbonyl (C=O) groups excluding carboxylic acids is 2. The van der Waals surface area contributed by atoms with E-state index in [9.17, 15) is 19.1 Å². The number of halogens is 1. The average molecular weight is 591 g/mol. The van der Waals surface area contributed by atoms with E-state index in [4.69, 9.17) is 14.2 Å². The third-order valence-corrected chi connectivity index (χ3v) is 7.65. The summed E-state index contributed by atoms with van der Waals surface area (Å²) in [4.78, 5) is 33.0. The van der Waals surface area contributed by atoms with Crippen molar-refractivity contribution in [3.63, 3.8) is 0 Å². The first-order chi connectivity index (χ1) is 20.4. The molecule has 4 aromatic rings. The summed E-state index contributed by atoms with van der Waals surface area (Å²) < 4.78 is 31.8. The van der Waals surface area contributed by atoms with Crippen LogP contribution in [-0.4, -0.2) is 41.6 Å². The molecular formula is C32H31FN2O6S. The Kier molecular flexibility index (Phi) is 8.72. The Morgan fingerprint density at radius 1 is 0.929 bits per heavy atom. The van der Waals surface area contributed by atoms with Gasteiger partial charge in [0.15, 0.2) is 16.6 Å². The lowest BCUT2D eigenvalue weighted by atomic mass is 9.95. The number of aromatic nitrogens is 1. The van der Waals surface area contributed by atoms with E-state index in [1.807, 2.05) is 20.8 Å². The number of carbonyl (C=O) groups is 2. The number of thiazole rings is 1. The number of hydrogen-bond donors (Lipinski definition) is 1. The highest BCUT2D eigenvalue weighted by Crippen LogP contribution is 2.46. The lowest BCUT2D eigenvalue weighted by Gasteiger charge is -2.24. The minimum absolute atomic E-state index is 0.0997. The van der Waals surface area contributed by atoms with Crippen LogP contribution in [0.3, 0.4) is 0 Å². The van der Waals surface area contributed by atoms with Crippen LogP contribution in [0.5, 0.6) is 17.2 Å². The molecule has 0 saturated carbocycles. The van der Waals surface area contributed by atoms with Gasteiger partial charge in [0.25, 0.3) is 5.78 Å². The molecule has 0 bridgehead atoms. The summed E-state index contributed by atoms with van der Waals surface area (Å²) in [5, 5.41) is 11.7. The number of anilines is 1. The van der Waals surface area contributed by atoms with Gasteiger partial charge < -0.3 is 19.3 Å². The first-order valence-electron chi connectivity index (χ1n) is 13.9. The Hall–Kier alpha value is -4.44. The SMILES string of the molecule is CCCOc1ccc(C(O)=C2C(=O)C(=O)N(c3nc4ccc(F)cc4s3)C2c2ccc(OCCC)c(OCC)c2)cc1. The largest absolute Gasteiger partial charge is 0.507 e. The molecule has 218 valence electrons. The van der Waals surface area contributed by atoms with Crippen LogP contribution in [0.2, 0.25) is 0 Å². The van der Waals surface area contributed by atoms with Crippen molar-refractivity contribution in [1.82, 2.24) is 4.98 Å². The van der Waals surface area contributed by atoms with Gasteiger partial charge in [-0.25, -0.2) is 9.37 Å². The second kappa shape index (κ2) is 12.6. The van der Waals surface area contributed by atoms with Gasteiger partial charge >= 0.3 is 5.91 Å². The van der Waals surface area contributed by atoms with Gasteiger partial charge in [0, 0.05) is 5.56 Å². The number of ether oxygens (including phenoxy) is 3. The van der Waals surface area contributed by atoms with E-state index in [2.05, 4.69) is 4.98 Å². The van der Waals surface area contributed by atoms with Gasteiger partial charge in [0.05, 0.1) is 41.7 Å². The third kappa shape index (κ3) is 5.67. The number of benzene rings is 3. The van der Waals surface area contributed by atoms with E-state index in [0.717, 1.165) is 24.2 Å². The van der Waals surface area contributed by atoms with Crippen LogP contribution in [0.25, 0.3) is 16.0 Å². The number of aliphatic hydroxyl groups excluding tert-OH is 1.